The number of aromatic amines is 1. The van der Waals surface area contributed by atoms with E-state index >= 15 is 0 Å². The van der Waals surface area contributed by atoms with Crippen molar-refractivity contribution in [3.63, 3.8) is 0 Å². The van der Waals surface area contributed by atoms with Gasteiger partial charge in [-0.1, -0.05) is 0 Å². The number of rotatable bonds is 3. The zero-order valence-corrected chi connectivity index (χ0v) is 8.78. The fourth-order valence-electron chi connectivity index (χ4n) is 1.11. The lowest BCUT2D eigenvalue weighted by atomic mass is 10.5. The van der Waals surface area contributed by atoms with E-state index < -0.39 is 0 Å². The summed E-state index contributed by atoms with van der Waals surface area (Å²) in [6.07, 6.45) is 0. The minimum absolute atomic E-state index is 0.223. The number of nitrogens with one attached hydrogen (secondary N) is 2. The second-order valence-electron chi connectivity index (χ2n) is 2.91. The van der Waals surface area contributed by atoms with Crippen LogP contribution in [0.2, 0.25) is 0 Å². The van der Waals surface area contributed by atoms with Crippen LogP contribution in [0.4, 0.5) is 10.6 Å². The Morgan fingerprint density at radius 3 is 2.60 bits per heavy atom. The number of carbonyl (C=O) groups is 1. The molecule has 0 fully saturated rings. The Hall–Kier alpha value is -1.85. The van der Waals surface area contributed by atoms with Gasteiger partial charge < -0.3 is 4.90 Å². The molecule has 0 aliphatic carbocycles. The SMILES string of the molecule is CCN(CC)C(=O)Nc1ccc(=O)[nH]n1. The largest absolute Gasteiger partial charge is 0.325 e. The van der Waals surface area contributed by atoms with E-state index in [0.29, 0.717) is 18.9 Å². The maximum Gasteiger partial charge on any atom is 0.323 e. The molecule has 0 saturated carbocycles. The minimum Gasteiger partial charge on any atom is -0.325 e. The van der Waals surface area contributed by atoms with Crippen LogP contribution >= 0.6 is 0 Å². The lowest BCUT2D eigenvalue weighted by Crippen LogP contribution is -2.34. The maximum atomic E-state index is 11.5. The van der Waals surface area contributed by atoms with Gasteiger partial charge in [-0.15, -0.1) is 0 Å². The van der Waals surface area contributed by atoms with Crippen LogP contribution in [0.25, 0.3) is 0 Å². The molecule has 0 aromatic carbocycles. The summed E-state index contributed by atoms with van der Waals surface area (Å²) in [6.45, 7) is 5.05. The number of nitrogens with zero attached hydrogens (tertiary/aromatic N) is 2. The molecular weight excluding hydrogens is 196 g/mol. The molecule has 2 amide bonds. The normalized spacial score (nSPS) is 9.73. The zero-order valence-electron chi connectivity index (χ0n) is 8.78. The molecule has 0 aliphatic heterocycles. The highest BCUT2D eigenvalue weighted by molar-refractivity contribution is 5.88. The molecule has 0 aliphatic rings. The molecule has 0 radical (unpaired) electrons. The van der Waals surface area contributed by atoms with Crippen molar-refractivity contribution >= 4 is 11.8 Å². The molecule has 0 atom stereocenters. The van der Waals surface area contributed by atoms with Crippen LogP contribution in [0.3, 0.4) is 0 Å². The van der Waals surface area contributed by atoms with Crippen molar-refractivity contribution < 1.29 is 4.79 Å². The third-order valence-electron chi connectivity index (χ3n) is 1.96. The summed E-state index contributed by atoms with van der Waals surface area (Å²) >= 11 is 0. The predicted molar refractivity (Wildman–Crippen MR) is 56.8 cm³/mol. The molecule has 1 heterocycles. The van der Waals surface area contributed by atoms with Crippen molar-refractivity contribution in [1.29, 1.82) is 0 Å². The maximum absolute atomic E-state index is 11.5. The molecule has 15 heavy (non-hydrogen) atoms. The quantitative estimate of drug-likeness (QED) is 0.768. The van der Waals surface area contributed by atoms with E-state index in [2.05, 4.69) is 15.5 Å². The number of urea groups is 1. The fraction of sp³-hybridized carbons (Fsp3) is 0.444. The molecule has 1 aromatic rings. The number of aromatic nitrogens is 2. The Kier molecular flexibility index (Phi) is 3.84. The van der Waals surface area contributed by atoms with Gasteiger partial charge in [-0.25, -0.2) is 9.89 Å². The van der Waals surface area contributed by atoms with Crippen LogP contribution in [-0.2, 0) is 0 Å². The summed E-state index contributed by atoms with van der Waals surface area (Å²) < 4.78 is 0. The average Bonchev–Trinajstić information content (AvgIpc) is 2.23. The lowest BCUT2D eigenvalue weighted by Gasteiger charge is -2.18. The second kappa shape index (κ2) is 5.14. The van der Waals surface area contributed by atoms with Gasteiger partial charge in [-0.2, -0.15) is 5.10 Å². The number of H-pyrrole nitrogens is 1. The molecule has 0 unspecified atom stereocenters. The van der Waals surface area contributed by atoms with E-state index in [-0.39, 0.29) is 11.6 Å². The van der Waals surface area contributed by atoms with Crippen molar-refractivity contribution in [2.24, 2.45) is 0 Å². The predicted octanol–water partition coefficient (Wildman–Crippen LogP) is 0.644. The highest BCUT2D eigenvalue weighted by atomic mass is 16.2. The number of hydrogen-bond acceptors (Lipinski definition) is 3. The monoisotopic (exact) mass is 210 g/mol. The smallest absolute Gasteiger partial charge is 0.323 e. The summed E-state index contributed by atoms with van der Waals surface area (Å²) in [5.41, 5.74) is -0.296. The average molecular weight is 210 g/mol. The first-order valence-electron chi connectivity index (χ1n) is 4.79. The summed E-state index contributed by atoms with van der Waals surface area (Å²) in [4.78, 5) is 23.9. The molecule has 0 bridgehead atoms. The van der Waals surface area contributed by atoms with Crippen LogP contribution in [0.1, 0.15) is 13.8 Å². The highest BCUT2D eigenvalue weighted by Crippen LogP contribution is 1.99. The number of carbonyl (C=O) groups excluding carboxylic acids is 1. The number of hydrogen-bond donors (Lipinski definition) is 2. The van der Waals surface area contributed by atoms with Gasteiger partial charge in [0.05, 0.1) is 0 Å². The van der Waals surface area contributed by atoms with Gasteiger partial charge in [0.2, 0.25) is 0 Å². The van der Waals surface area contributed by atoms with Gasteiger partial charge in [0.1, 0.15) is 0 Å². The summed E-state index contributed by atoms with van der Waals surface area (Å²) in [7, 11) is 0. The first-order valence-corrected chi connectivity index (χ1v) is 4.79. The Morgan fingerprint density at radius 1 is 1.47 bits per heavy atom. The van der Waals surface area contributed by atoms with E-state index in [4.69, 9.17) is 0 Å². The molecule has 82 valence electrons. The minimum atomic E-state index is -0.296. The zero-order chi connectivity index (χ0) is 11.3. The van der Waals surface area contributed by atoms with Gasteiger partial charge in [-0.05, 0) is 19.9 Å². The van der Waals surface area contributed by atoms with Crippen LogP contribution < -0.4 is 10.9 Å². The van der Waals surface area contributed by atoms with E-state index in [9.17, 15) is 9.59 Å². The van der Waals surface area contributed by atoms with Crippen LogP contribution in [0.5, 0.6) is 0 Å². The van der Waals surface area contributed by atoms with Crippen LogP contribution in [0.15, 0.2) is 16.9 Å². The summed E-state index contributed by atoms with van der Waals surface area (Å²) in [5.74, 6) is 0.339. The Bertz CT molecular complexity index is 363. The standard InChI is InChI=1S/C9H14N4O2/c1-3-13(4-2)9(15)10-7-5-6-8(14)12-11-7/h5-6H,3-4H2,1-2H3,(H,12,14)(H,10,11,15). The summed E-state index contributed by atoms with van der Waals surface area (Å²) in [6, 6.07) is 2.55. The topological polar surface area (TPSA) is 78.1 Å². The first kappa shape index (κ1) is 11.2. The second-order valence-corrected chi connectivity index (χ2v) is 2.91. The molecular formula is C9H14N4O2. The summed E-state index contributed by atoms with van der Waals surface area (Å²) in [5, 5.41) is 8.49. The fourth-order valence-corrected chi connectivity index (χ4v) is 1.11. The lowest BCUT2D eigenvalue weighted by molar-refractivity contribution is 0.217. The molecule has 6 nitrogen and oxygen atoms in total. The molecule has 1 rings (SSSR count). The molecule has 2 N–H and O–H groups in total. The Labute approximate surface area is 87.3 Å². The van der Waals surface area contributed by atoms with Gasteiger partial charge in [0, 0.05) is 19.2 Å². The van der Waals surface area contributed by atoms with Gasteiger partial charge in [-0.3, -0.25) is 10.1 Å². The van der Waals surface area contributed by atoms with E-state index in [1.807, 2.05) is 13.8 Å². The van der Waals surface area contributed by atoms with Gasteiger partial charge >= 0.3 is 6.03 Å². The van der Waals surface area contributed by atoms with Crippen LogP contribution in [0, 0.1) is 0 Å². The van der Waals surface area contributed by atoms with Gasteiger partial charge in [0.15, 0.2) is 5.82 Å². The van der Waals surface area contributed by atoms with Crippen LogP contribution in [-0.4, -0.2) is 34.2 Å². The van der Waals surface area contributed by atoms with E-state index in [1.54, 1.807) is 4.90 Å². The molecule has 0 saturated heterocycles. The third-order valence-corrected chi connectivity index (χ3v) is 1.96. The van der Waals surface area contributed by atoms with Crippen molar-refractivity contribution in [2.45, 2.75) is 13.8 Å². The Morgan fingerprint density at radius 2 is 2.13 bits per heavy atom. The number of anilines is 1. The van der Waals surface area contributed by atoms with E-state index in [1.165, 1.54) is 12.1 Å². The van der Waals surface area contributed by atoms with Gasteiger partial charge in [0.25, 0.3) is 5.56 Å². The van der Waals surface area contributed by atoms with Crippen molar-refractivity contribution in [2.75, 3.05) is 18.4 Å². The number of amides is 2. The van der Waals surface area contributed by atoms with Crippen molar-refractivity contribution in [1.82, 2.24) is 15.1 Å². The van der Waals surface area contributed by atoms with Crippen molar-refractivity contribution in [3.8, 4) is 0 Å². The first-order chi connectivity index (χ1) is 7.17. The Balaban J connectivity index is 2.65. The molecule has 6 heteroatoms. The molecule has 0 spiro atoms. The van der Waals surface area contributed by atoms with E-state index in [0.717, 1.165) is 0 Å². The third kappa shape index (κ3) is 3.08. The molecule has 1 aromatic heterocycles. The van der Waals surface area contributed by atoms with Crippen molar-refractivity contribution in [3.05, 3.63) is 22.5 Å². The highest BCUT2D eigenvalue weighted by Gasteiger charge is 2.09.